The van der Waals surface area contributed by atoms with Crippen molar-refractivity contribution in [1.82, 2.24) is 15.5 Å². The maximum absolute atomic E-state index is 11.8. The van der Waals surface area contributed by atoms with E-state index in [-0.39, 0.29) is 5.75 Å². The molecule has 0 aliphatic carbocycles. The van der Waals surface area contributed by atoms with Crippen LogP contribution in [0, 0.1) is 0 Å². The van der Waals surface area contributed by atoms with E-state index in [9.17, 15) is 8.42 Å². The van der Waals surface area contributed by atoms with E-state index in [1.807, 2.05) is 6.92 Å². The van der Waals surface area contributed by atoms with Crippen LogP contribution in [0.15, 0.2) is 0 Å². The minimum Gasteiger partial charge on any atom is -0.317 e. The number of hydrogen-bond donors (Lipinski definition) is 2. The largest absolute Gasteiger partial charge is 0.317 e. The lowest BCUT2D eigenvalue weighted by molar-refractivity contribution is 0.590. The SMILES string of the molecule is CCCNCCCCS(=O)(=O)Nc1nnc(CC)s1. The molecule has 110 valence electrons. The lowest BCUT2D eigenvalue weighted by Gasteiger charge is -2.05. The van der Waals surface area contributed by atoms with E-state index < -0.39 is 10.0 Å². The molecule has 0 fully saturated rings. The average Bonchev–Trinajstić information content (AvgIpc) is 2.80. The van der Waals surface area contributed by atoms with Crippen molar-refractivity contribution in [3.63, 3.8) is 0 Å². The van der Waals surface area contributed by atoms with Gasteiger partial charge in [-0.3, -0.25) is 4.72 Å². The fraction of sp³-hybridized carbons (Fsp3) is 0.818. The maximum atomic E-state index is 11.8. The van der Waals surface area contributed by atoms with Gasteiger partial charge in [-0.25, -0.2) is 8.42 Å². The Morgan fingerprint density at radius 2 is 1.95 bits per heavy atom. The van der Waals surface area contributed by atoms with Crippen LogP contribution in [0.3, 0.4) is 0 Å². The lowest BCUT2D eigenvalue weighted by atomic mass is 10.3. The third kappa shape index (κ3) is 6.84. The van der Waals surface area contributed by atoms with Crippen LogP contribution in [0.4, 0.5) is 5.13 Å². The molecule has 0 radical (unpaired) electrons. The molecule has 0 bridgehead atoms. The van der Waals surface area contributed by atoms with Crippen LogP contribution in [0.25, 0.3) is 0 Å². The zero-order valence-electron chi connectivity index (χ0n) is 11.5. The summed E-state index contributed by atoms with van der Waals surface area (Å²) in [4.78, 5) is 0. The quantitative estimate of drug-likeness (QED) is 0.642. The van der Waals surface area contributed by atoms with Crippen LogP contribution in [-0.2, 0) is 16.4 Å². The van der Waals surface area contributed by atoms with Crippen LogP contribution >= 0.6 is 11.3 Å². The van der Waals surface area contributed by atoms with Gasteiger partial charge in [-0.05, 0) is 38.8 Å². The number of nitrogens with zero attached hydrogens (tertiary/aromatic N) is 2. The number of unbranched alkanes of at least 4 members (excludes halogenated alkanes) is 1. The normalized spacial score (nSPS) is 11.7. The molecule has 0 amide bonds. The summed E-state index contributed by atoms with van der Waals surface area (Å²) in [6, 6.07) is 0. The Kier molecular flexibility index (Phi) is 7.25. The smallest absolute Gasteiger partial charge is 0.234 e. The first-order valence-corrected chi connectivity index (χ1v) is 9.08. The van der Waals surface area contributed by atoms with E-state index in [0.29, 0.717) is 11.6 Å². The Morgan fingerprint density at radius 3 is 2.58 bits per heavy atom. The molecule has 0 atom stereocenters. The van der Waals surface area contributed by atoms with Crippen molar-refractivity contribution < 1.29 is 8.42 Å². The van der Waals surface area contributed by atoms with Crippen molar-refractivity contribution >= 4 is 26.5 Å². The van der Waals surface area contributed by atoms with Crippen molar-refractivity contribution in [2.75, 3.05) is 23.6 Å². The molecular weight excluding hydrogens is 284 g/mol. The van der Waals surface area contributed by atoms with Crippen molar-refractivity contribution in [2.24, 2.45) is 0 Å². The van der Waals surface area contributed by atoms with Gasteiger partial charge in [0.1, 0.15) is 5.01 Å². The summed E-state index contributed by atoms with van der Waals surface area (Å²) in [6.45, 7) is 5.91. The zero-order valence-corrected chi connectivity index (χ0v) is 13.1. The molecule has 0 saturated heterocycles. The summed E-state index contributed by atoms with van der Waals surface area (Å²) in [5.41, 5.74) is 0. The Hall–Kier alpha value is -0.730. The first-order chi connectivity index (χ1) is 9.07. The summed E-state index contributed by atoms with van der Waals surface area (Å²) >= 11 is 1.29. The Morgan fingerprint density at radius 1 is 1.16 bits per heavy atom. The van der Waals surface area contributed by atoms with Gasteiger partial charge in [0.05, 0.1) is 5.75 Å². The van der Waals surface area contributed by atoms with Crippen LogP contribution in [0.5, 0.6) is 0 Å². The number of nitrogens with one attached hydrogen (secondary N) is 2. The molecule has 1 aromatic heterocycles. The van der Waals surface area contributed by atoms with E-state index >= 15 is 0 Å². The van der Waals surface area contributed by atoms with Gasteiger partial charge in [0.2, 0.25) is 15.2 Å². The van der Waals surface area contributed by atoms with Crippen molar-refractivity contribution in [3.05, 3.63) is 5.01 Å². The van der Waals surface area contributed by atoms with E-state index in [1.54, 1.807) is 0 Å². The number of sulfonamides is 1. The summed E-state index contributed by atoms with van der Waals surface area (Å²) in [5, 5.41) is 12.1. The van der Waals surface area contributed by atoms with Crippen LogP contribution in [-0.4, -0.2) is 37.5 Å². The molecule has 2 N–H and O–H groups in total. The molecule has 0 aromatic carbocycles. The molecule has 1 heterocycles. The van der Waals surface area contributed by atoms with Gasteiger partial charge in [0.15, 0.2) is 0 Å². The van der Waals surface area contributed by atoms with Gasteiger partial charge < -0.3 is 5.32 Å². The summed E-state index contributed by atoms with van der Waals surface area (Å²) in [5.74, 6) is 0.127. The van der Waals surface area contributed by atoms with Gasteiger partial charge in [-0.2, -0.15) is 0 Å². The van der Waals surface area contributed by atoms with E-state index in [1.165, 1.54) is 11.3 Å². The molecule has 6 nitrogen and oxygen atoms in total. The van der Waals surface area contributed by atoms with Gasteiger partial charge >= 0.3 is 0 Å². The molecule has 0 aliphatic heterocycles. The van der Waals surface area contributed by atoms with Gasteiger partial charge in [0.25, 0.3) is 0 Å². The van der Waals surface area contributed by atoms with Crippen LogP contribution < -0.4 is 10.0 Å². The average molecular weight is 306 g/mol. The highest BCUT2D eigenvalue weighted by Crippen LogP contribution is 2.17. The Balaban J connectivity index is 2.27. The standard InChI is InChI=1S/C11H22N4O2S2/c1-3-7-12-8-5-6-9-19(16,17)15-11-14-13-10(4-2)18-11/h12H,3-9H2,1-2H3,(H,14,15). The molecule has 0 saturated carbocycles. The van der Waals surface area contributed by atoms with E-state index in [4.69, 9.17) is 0 Å². The number of aromatic nitrogens is 2. The second-order valence-electron chi connectivity index (χ2n) is 4.23. The Bertz CT molecular complexity index is 459. The molecule has 8 heteroatoms. The van der Waals surface area contributed by atoms with Crippen molar-refractivity contribution in [1.29, 1.82) is 0 Å². The summed E-state index contributed by atoms with van der Waals surface area (Å²) in [6.07, 6.45) is 3.36. The van der Waals surface area contributed by atoms with Gasteiger partial charge in [0, 0.05) is 0 Å². The summed E-state index contributed by atoms with van der Waals surface area (Å²) in [7, 11) is -3.29. The minimum absolute atomic E-state index is 0.127. The number of anilines is 1. The zero-order chi connectivity index (χ0) is 14.1. The molecule has 1 aromatic rings. The highest BCUT2D eigenvalue weighted by Gasteiger charge is 2.13. The van der Waals surface area contributed by atoms with Crippen molar-refractivity contribution in [3.8, 4) is 0 Å². The lowest BCUT2D eigenvalue weighted by Crippen LogP contribution is -2.19. The van der Waals surface area contributed by atoms with Crippen LogP contribution in [0.1, 0.15) is 38.1 Å². The molecule has 0 spiro atoms. The third-order valence-corrected chi connectivity index (χ3v) is 4.90. The Labute approximate surface area is 119 Å². The second kappa shape index (κ2) is 8.44. The van der Waals surface area contributed by atoms with Gasteiger partial charge in [-0.1, -0.05) is 25.2 Å². The molecule has 0 unspecified atom stereocenters. The number of rotatable bonds is 10. The monoisotopic (exact) mass is 306 g/mol. The van der Waals surface area contributed by atoms with Crippen LogP contribution in [0.2, 0.25) is 0 Å². The van der Waals surface area contributed by atoms with Crippen molar-refractivity contribution in [2.45, 2.75) is 39.5 Å². The number of aryl methyl sites for hydroxylation is 1. The predicted molar refractivity (Wildman–Crippen MR) is 79.1 cm³/mol. The molecule has 19 heavy (non-hydrogen) atoms. The highest BCUT2D eigenvalue weighted by molar-refractivity contribution is 7.92. The maximum Gasteiger partial charge on any atom is 0.234 e. The fourth-order valence-electron chi connectivity index (χ4n) is 1.47. The minimum atomic E-state index is -3.29. The molecular formula is C11H22N4O2S2. The topological polar surface area (TPSA) is 84.0 Å². The molecule has 1 rings (SSSR count). The first-order valence-electron chi connectivity index (χ1n) is 6.61. The van der Waals surface area contributed by atoms with Gasteiger partial charge in [-0.15, -0.1) is 10.2 Å². The second-order valence-corrected chi connectivity index (χ2v) is 7.14. The summed E-state index contributed by atoms with van der Waals surface area (Å²) < 4.78 is 26.1. The number of hydrogen-bond acceptors (Lipinski definition) is 6. The third-order valence-electron chi connectivity index (χ3n) is 2.46. The van der Waals surface area contributed by atoms with E-state index in [2.05, 4.69) is 27.2 Å². The highest BCUT2D eigenvalue weighted by atomic mass is 32.2. The fourth-order valence-corrected chi connectivity index (χ4v) is 3.54. The molecule has 0 aliphatic rings. The van der Waals surface area contributed by atoms with E-state index in [0.717, 1.165) is 37.4 Å². The first kappa shape index (κ1) is 16.3. The predicted octanol–water partition coefficient (Wildman–Crippen LogP) is 1.62.